The van der Waals surface area contributed by atoms with Crippen molar-refractivity contribution in [3.05, 3.63) is 56.8 Å². The number of carbonyl (C=O) groups is 3. The van der Waals surface area contributed by atoms with Crippen molar-refractivity contribution < 1.29 is 23.9 Å². The largest absolute Gasteiger partial charge is 0.468 e. The molecule has 1 aliphatic carbocycles. The summed E-state index contributed by atoms with van der Waals surface area (Å²) in [4.78, 5) is 39.0. The fraction of sp³-hybridized carbons (Fsp3) is 0.435. The fourth-order valence-corrected chi connectivity index (χ4v) is 4.67. The van der Waals surface area contributed by atoms with Gasteiger partial charge in [0, 0.05) is 27.4 Å². The van der Waals surface area contributed by atoms with Crippen molar-refractivity contribution in [3.63, 3.8) is 0 Å². The van der Waals surface area contributed by atoms with Crippen LogP contribution in [0.4, 0.5) is 0 Å². The van der Waals surface area contributed by atoms with E-state index in [1.807, 2.05) is 38.1 Å². The Morgan fingerprint density at radius 1 is 1.27 bits per heavy atom. The molecule has 0 bridgehead atoms. The number of ketones is 1. The molecule has 1 aliphatic heterocycles. The van der Waals surface area contributed by atoms with E-state index in [0.29, 0.717) is 23.3 Å². The zero-order chi connectivity index (χ0) is 22.2. The summed E-state index contributed by atoms with van der Waals surface area (Å²) in [6, 6.07) is 7.50. The topological polar surface area (TPSA) is 81.7 Å². The third-order valence-corrected chi connectivity index (χ3v) is 5.98. The second-order valence-electron chi connectivity index (χ2n) is 8.04. The number of ether oxygens (including phenoxy) is 2. The third-order valence-electron chi connectivity index (χ3n) is 5.49. The second-order valence-corrected chi connectivity index (χ2v) is 8.96. The van der Waals surface area contributed by atoms with E-state index in [-0.39, 0.29) is 17.8 Å². The summed E-state index contributed by atoms with van der Waals surface area (Å²) in [6.45, 7) is 7.24. The van der Waals surface area contributed by atoms with Crippen LogP contribution in [0.1, 0.15) is 45.6 Å². The van der Waals surface area contributed by atoms with E-state index >= 15 is 0 Å². The molecule has 0 radical (unpaired) electrons. The van der Waals surface area contributed by atoms with Gasteiger partial charge in [-0.2, -0.15) is 0 Å². The molecule has 1 aromatic carbocycles. The molecule has 0 spiro atoms. The number of halogens is 1. The Balaban J connectivity index is 2.19. The van der Waals surface area contributed by atoms with E-state index in [1.54, 1.807) is 13.8 Å². The highest BCUT2D eigenvalue weighted by Gasteiger charge is 2.47. The highest BCUT2D eigenvalue weighted by atomic mass is 79.9. The van der Waals surface area contributed by atoms with Crippen LogP contribution in [-0.2, 0) is 23.9 Å². The van der Waals surface area contributed by atoms with E-state index in [1.165, 1.54) is 7.11 Å². The smallest absolute Gasteiger partial charge is 0.337 e. The van der Waals surface area contributed by atoms with Crippen LogP contribution in [-0.4, -0.2) is 30.9 Å². The predicted octanol–water partition coefficient (Wildman–Crippen LogP) is 4.01. The molecule has 0 unspecified atom stereocenters. The van der Waals surface area contributed by atoms with Crippen molar-refractivity contribution in [3.8, 4) is 0 Å². The maximum atomic E-state index is 13.6. The molecule has 2 aliphatic rings. The van der Waals surface area contributed by atoms with Gasteiger partial charge in [-0.1, -0.05) is 35.0 Å². The van der Waals surface area contributed by atoms with E-state index < -0.39 is 23.8 Å². The van der Waals surface area contributed by atoms with Crippen molar-refractivity contribution >= 4 is 33.7 Å². The molecule has 30 heavy (non-hydrogen) atoms. The Kier molecular flexibility index (Phi) is 6.50. The molecular formula is C23H26BrNO5. The van der Waals surface area contributed by atoms with Gasteiger partial charge in [0.05, 0.1) is 18.8 Å². The molecule has 6 nitrogen and oxygen atoms in total. The Labute approximate surface area is 184 Å². The number of esters is 2. The average Bonchev–Trinajstić information content (AvgIpc) is 2.65. The van der Waals surface area contributed by atoms with Gasteiger partial charge < -0.3 is 14.8 Å². The monoisotopic (exact) mass is 475 g/mol. The van der Waals surface area contributed by atoms with Crippen LogP contribution in [0.2, 0.25) is 0 Å². The Bertz CT molecular complexity index is 962. The van der Waals surface area contributed by atoms with Gasteiger partial charge in [0.15, 0.2) is 5.78 Å². The number of nitrogens with one attached hydrogen (secondary N) is 1. The summed E-state index contributed by atoms with van der Waals surface area (Å²) < 4.78 is 11.2. The Morgan fingerprint density at radius 2 is 1.97 bits per heavy atom. The molecule has 0 saturated heterocycles. The Hall–Kier alpha value is -2.41. The maximum Gasteiger partial charge on any atom is 0.337 e. The number of dihydropyridines is 1. The molecule has 3 atom stereocenters. The van der Waals surface area contributed by atoms with E-state index in [2.05, 4.69) is 21.2 Å². The SMILES string of the molecule is COC(=O)[C@@H]1C(=O)C2=C(C[C@@H]1C)NC(C)=C(C(=O)OC(C)C)[C@H]2c1cccc(Br)c1. The predicted molar refractivity (Wildman–Crippen MR) is 115 cm³/mol. The van der Waals surface area contributed by atoms with Crippen LogP contribution >= 0.6 is 15.9 Å². The Morgan fingerprint density at radius 3 is 2.57 bits per heavy atom. The van der Waals surface area contributed by atoms with Gasteiger partial charge in [-0.05, 0) is 50.8 Å². The summed E-state index contributed by atoms with van der Waals surface area (Å²) in [5, 5.41) is 3.25. The number of allylic oxidation sites excluding steroid dienone is 3. The number of hydrogen-bond acceptors (Lipinski definition) is 6. The fourth-order valence-electron chi connectivity index (χ4n) is 4.25. The highest BCUT2D eigenvalue weighted by molar-refractivity contribution is 9.10. The summed E-state index contributed by atoms with van der Waals surface area (Å²) in [5.74, 6) is -3.08. The third kappa shape index (κ3) is 4.08. The molecule has 0 fully saturated rings. The molecule has 0 saturated carbocycles. The summed E-state index contributed by atoms with van der Waals surface area (Å²) in [6.07, 6.45) is 0.205. The molecule has 7 heteroatoms. The first-order valence-corrected chi connectivity index (χ1v) is 10.7. The number of hydrogen-bond donors (Lipinski definition) is 1. The van der Waals surface area contributed by atoms with Crippen LogP contribution in [0.15, 0.2) is 51.3 Å². The van der Waals surface area contributed by atoms with Crippen molar-refractivity contribution in [1.29, 1.82) is 0 Å². The molecule has 3 rings (SSSR count). The molecule has 0 amide bonds. The van der Waals surface area contributed by atoms with E-state index in [9.17, 15) is 14.4 Å². The van der Waals surface area contributed by atoms with Gasteiger partial charge in [0.1, 0.15) is 5.92 Å². The molecule has 0 aromatic heterocycles. The molecular weight excluding hydrogens is 450 g/mol. The normalized spacial score (nSPS) is 23.8. The number of Topliss-reactive ketones (excluding diaryl/α,β-unsaturated/α-hetero) is 1. The van der Waals surface area contributed by atoms with Crippen LogP contribution < -0.4 is 5.32 Å². The van der Waals surface area contributed by atoms with Gasteiger partial charge in [-0.15, -0.1) is 0 Å². The van der Waals surface area contributed by atoms with Crippen molar-refractivity contribution in [1.82, 2.24) is 5.32 Å². The van der Waals surface area contributed by atoms with Gasteiger partial charge in [0.25, 0.3) is 0 Å². The minimum Gasteiger partial charge on any atom is -0.468 e. The first kappa shape index (κ1) is 22.3. The minimum absolute atomic E-state index is 0.212. The molecule has 1 aromatic rings. The molecule has 160 valence electrons. The first-order valence-electron chi connectivity index (χ1n) is 9.95. The maximum absolute atomic E-state index is 13.6. The lowest BCUT2D eigenvalue weighted by Crippen LogP contribution is -2.43. The standard InChI is InChI=1S/C23H26BrNO5/c1-11(2)30-23(28)18-13(4)25-16-9-12(3)17(22(27)29-5)21(26)20(16)19(18)14-7-6-8-15(24)10-14/h6-8,10-12,17,19,25H,9H2,1-5H3/t12-,17-,19+/m0/s1. The van der Waals surface area contributed by atoms with Gasteiger partial charge in [-0.25, -0.2) is 4.79 Å². The highest BCUT2D eigenvalue weighted by Crippen LogP contribution is 2.45. The lowest BCUT2D eigenvalue weighted by Gasteiger charge is -2.38. The van der Waals surface area contributed by atoms with Gasteiger partial charge in [0.2, 0.25) is 0 Å². The molecule has 1 heterocycles. The average molecular weight is 476 g/mol. The zero-order valence-electron chi connectivity index (χ0n) is 17.7. The van der Waals surface area contributed by atoms with Gasteiger partial charge in [-0.3, -0.25) is 9.59 Å². The number of benzene rings is 1. The van der Waals surface area contributed by atoms with Crippen LogP contribution in [0.5, 0.6) is 0 Å². The van der Waals surface area contributed by atoms with Crippen LogP contribution in [0, 0.1) is 11.8 Å². The summed E-state index contributed by atoms with van der Waals surface area (Å²) in [5.41, 5.74) is 2.99. The number of rotatable bonds is 4. The number of carbonyl (C=O) groups excluding carboxylic acids is 3. The van der Waals surface area contributed by atoms with E-state index in [4.69, 9.17) is 9.47 Å². The summed E-state index contributed by atoms with van der Waals surface area (Å²) >= 11 is 3.48. The quantitative estimate of drug-likeness (QED) is 0.523. The lowest BCUT2D eigenvalue weighted by atomic mass is 9.69. The number of methoxy groups -OCH3 is 1. The van der Waals surface area contributed by atoms with E-state index in [0.717, 1.165) is 15.7 Å². The van der Waals surface area contributed by atoms with Crippen molar-refractivity contribution in [2.75, 3.05) is 7.11 Å². The second kappa shape index (κ2) is 8.76. The van der Waals surface area contributed by atoms with Crippen molar-refractivity contribution in [2.45, 2.75) is 46.1 Å². The lowest BCUT2D eigenvalue weighted by molar-refractivity contribution is -0.151. The van der Waals surface area contributed by atoms with Gasteiger partial charge >= 0.3 is 11.9 Å². The van der Waals surface area contributed by atoms with Crippen molar-refractivity contribution in [2.24, 2.45) is 11.8 Å². The summed E-state index contributed by atoms with van der Waals surface area (Å²) in [7, 11) is 1.28. The minimum atomic E-state index is -0.897. The van der Waals surface area contributed by atoms with Crippen LogP contribution in [0.25, 0.3) is 0 Å². The first-order chi connectivity index (χ1) is 14.1. The zero-order valence-corrected chi connectivity index (χ0v) is 19.3. The van der Waals surface area contributed by atoms with Crippen LogP contribution in [0.3, 0.4) is 0 Å². The molecule has 1 N–H and O–H groups in total.